The van der Waals surface area contributed by atoms with Crippen molar-refractivity contribution < 1.29 is 9.18 Å². The maximum Gasteiger partial charge on any atom is 0.166 e. The fourth-order valence-corrected chi connectivity index (χ4v) is 1.99. The molecule has 0 bridgehead atoms. The van der Waals surface area contributed by atoms with E-state index in [1.807, 2.05) is 0 Å². The lowest BCUT2D eigenvalue weighted by Crippen LogP contribution is -2.03. The van der Waals surface area contributed by atoms with Crippen molar-refractivity contribution in [3.8, 4) is 0 Å². The summed E-state index contributed by atoms with van der Waals surface area (Å²) in [6.07, 6.45) is 3.33. The number of carbonyl (C=O) groups is 1. The molecule has 1 aromatic rings. The molecule has 1 rings (SSSR count). The van der Waals surface area contributed by atoms with Gasteiger partial charge < -0.3 is 0 Å². The molecule has 0 radical (unpaired) electrons. The lowest BCUT2D eigenvalue weighted by Gasteiger charge is -2.04. The predicted octanol–water partition coefficient (Wildman–Crippen LogP) is 4.35. The Morgan fingerprint density at radius 2 is 2.13 bits per heavy atom. The maximum absolute atomic E-state index is 13.4. The Labute approximate surface area is 97.8 Å². The lowest BCUT2D eigenvalue weighted by molar-refractivity contribution is 0.0974. The van der Waals surface area contributed by atoms with E-state index in [1.54, 1.807) is 12.1 Å². The molecule has 1 aromatic carbocycles. The summed E-state index contributed by atoms with van der Waals surface area (Å²) in [5, 5.41) is 0. The second-order valence-electron chi connectivity index (χ2n) is 3.48. The number of hydrogen-bond acceptors (Lipinski definition) is 1. The highest BCUT2D eigenvalue weighted by Crippen LogP contribution is 2.21. The van der Waals surface area contributed by atoms with E-state index in [1.165, 1.54) is 6.07 Å². The molecule has 0 saturated heterocycles. The Bertz CT molecular complexity index is 329. The van der Waals surface area contributed by atoms with Gasteiger partial charge in [-0.25, -0.2) is 4.39 Å². The highest BCUT2D eigenvalue weighted by Gasteiger charge is 2.14. The number of benzene rings is 1. The Balaban J connectivity index is 2.73. The van der Waals surface area contributed by atoms with Gasteiger partial charge in [0.15, 0.2) is 5.78 Å². The molecule has 0 saturated carbocycles. The molecular formula is C12H14BrFO. The normalized spacial score (nSPS) is 10.3. The molecule has 0 aliphatic heterocycles. The topological polar surface area (TPSA) is 17.1 Å². The minimum atomic E-state index is -0.439. The maximum atomic E-state index is 13.4. The number of Topliss-reactive ketones (excluding diaryl/α,β-unsaturated/α-hetero) is 1. The van der Waals surface area contributed by atoms with Gasteiger partial charge in [-0.1, -0.05) is 25.8 Å². The molecule has 15 heavy (non-hydrogen) atoms. The van der Waals surface area contributed by atoms with Crippen molar-refractivity contribution in [2.24, 2.45) is 0 Å². The summed E-state index contributed by atoms with van der Waals surface area (Å²) in [6, 6.07) is 4.59. The summed E-state index contributed by atoms with van der Waals surface area (Å²) in [5.41, 5.74) is 0.189. The highest BCUT2D eigenvalue weighted by molar-refractivity contribution is 9.10. The smallest absolute Gasteiger partial charge is 0.166 e. The van der Waals surface area contributed by atoms with Crippen molar-refractivity contribution in [3.05, 3.63) is 34.1 Å². The largest absolute Gasteiger partial charge is 0.294 e. The van der Waals surface area contributed by atoms with Gasteiger partial charge in [0.2, 0.25) is 0 Å². The summed E-state index contributed by atoms with van der Waals surface area (Å²) in [7, 11) is 0. The van der Waals surface area contributed by atoms with Crippen LogP contribution in [0.4, 0.5) is 4.39 Å². The van der Waals surface area contributed by atoms with Crippen molar-refractivity contribution in [1.29, 1.82) is 0 Å². The van der Waals surface area contributed by atoms with E-state index in [4.69, 9.17) is 0 Å². The third-order valence-electron chi connectivity index (χ3n) is 2.25. The van der Waals surface area contributed by atoms with E-state index in [0.29, 0.717) is 10.9 Å². The first-order valence-electron chi connectivity index (χ1n) is 5.14. The van der Waals surface area contributed by atoms with Gasteiger partial charge >= 0.3 is 0 Å². The zero-order valence-corrected chi connectivity index (χ0v) is 10.3. The number of carbonyl (C=O) groups excluding carboxylic acids is 1. The van der Waals surface area contributed by atoms with Crippen molar-refractivity contribution >= 4 is 21.7 Å². The predicted molar refractivity (Wildman–Crippen MR) is 62.6 cm³/mol. The second-order valence-corrected chi connectivity index (χ2v) is 4.33. The third-order valence-corrected chi connectivity index (χ3v) is 2.91. The number of unbranched alkanes of at least 4 members (excludes halogenated alkanes) is 2. The van der Waals surface area contributed by atoms with Crippen molar-refractivity contribution in [3.63, 3.8) is 0 Å². The zero-order chi connectivity index (χ0) is 11.3. The first kappa shape index (κ1) is 12.4. The third kappa shape index (κ3) is 3.42. The van der Waals surface area contributed by atoms with Crippen LogP contribution in [0.1, 0.15) is 43.0 Å². The summed E-state index contributed by atoms with van der Waals surface area (Å²) in [5.74, 6) is -0.556. The SMILES string of the molecule is CCCCCC(=O)c1c(F)cccc1Br. The van der Waals surface area contributed by atoms with Gasteiger partial charge in [0, 0.05) is 10.9 Å². The van der Waals surface area contributed by atoms with E-state index >= 15 is 0 Å². The molecule has 0 spiro atoms. The van der Waals surface area contributed by atoms with Gasteiger partial charge in [-0.15, -0.1) is 0 Å². The Morgan fingerprint density at radius 1 is 1.40 bits per heavy atom. The lowest BCUT2D eigenvalue weighted by atomic mass is 10.0. The number of hydrogen-bond donors (Lipinski definition) is 0. The van der Waals surface area contributed by atoms with Crippen LogP contribution >= 0.6 is 15.9 Å². The van der Waals surface area contributed by atoms with Crippen LogP contribution in [0.5, 0.6) is 0 Å². The number of halogens is 2. The van der Waals surface area contributed by atoms with Crippen LogP contribution < -0.4 is 0 Å². The minimum absolute atomic E-state index is 0.117. The molecule has 82 valence electrons. The van der Waals surface area contributed by atoms with E-state index in [2.05, 4.69) is 22.9 Å². The molecule has 0 amide bonds. The summed E-state index contributed by atoms with van der Waals surface area (Å²) >= 11 is 3.20. The van der Waals surface area contributed by atoms with Crippen LogP contribution in [-0.2, 0) is 0 Å². The van der Waals surface area contributed by atoms with Gasteiger partial charge in [-0.3, -0.25) is 4.79 Å². The summed E-state index contributed by atoms with van der Waals surface area (Å²) in [6.45, 7) is 2.07. The fraction of sp³-hybridized carbons (Fsp3) is 0.417. The fourth-order valence-electron chi connectivity index (χ4n) is 1.42. The molecular weight excluding hydrogens is 259 g/mol. The van der Waals surface area contributed by atoms with Crippen LogP contribution in [0.25, 0.3) is 0 Å². The number of rotatable bonds is 5. The second kappa shape index (κ2) is 6.01. The molecule has 0 atom stereocenters. The Hall–Kier alpha value is -0.700. The van der Waals surface area contributed by atoms with Gasteiger partial charge in [0.25, 0.3) is 0 Å². The van der Waals surface area contributed by atoms with Crippen LogP contribution in [-0.4, -0.2) is 5.78 Å². The highest BCUT2D eigenvalue weighted by atomic mass is 79.9. The van der Waals surface area contributed by atoms with Crippen LogP contribution in [0.2, 0.25) is 0 Å². The van der Waals surface area contributed by atoms with Gasteiger partial charge in [-0.05, 0) is 34.5 Å². The standard InChI is InChI=1S/C12H14BrFO/c1-2-3-4-8-11(15)12-9(13)6-5-7-10(12)14/h5-7H,2-4,8H2,1H3. The van der Waals surface area contributed by atoms with Crippen molar-refractivity contribution in [1.82, 2.24) is 0 Å². The zero-order valence-electron chi connectivity index (χ0n) is 8.72. The molecule has 1 nitrogen and oxygen atoms in total. The quantitative estimate of drug-likeness (QED) is 0.575. The molecule has 0 aromatic heterocycles. The van der Waals surface area contributed by atoms with Crippen molar-refractivity contribution in [2.45, 2.75) is 32.6 Å². The molecule has 3 heteroatoms. The first-order valence-corrected chi connectivity index (χ1v) is 5.93. The van der Waals surface area contributed by atoms with Crippen molar-refractivity contribution in [2.75, 3.05) is 0 Å². The average molecular weight is 273 g/mol. The molecule has 0 unspecified atom stereocenters. The number of ketones is 1. The van der Waals surface area contributed by atoms with Crippen LogP contribution in [0.15, 0.2) is 22.7 Å². The summed E-state index contributed by atoms with van der Waals surface area (Å²) < 4.78 is 13.9. The van der Waals surface area contributed by atoms with Crippen LogP contribution in [0, 0.1) is 5.82 Å². The molecule has 0 aliphatic carbocycles. The summed E-state index contributed by atoms with van der Waals surface area (Å²) in [4.78, 5) is 11.7. The Kier molecular flexibility index (Phi) is 4.95. The van der Waals surface area contributed by atoms with Gasteiger partial charge in [0.05, 0.1) is 5.56 Å². The molecule has 0 aliphatic rings. The molecule has 0 N–H and O–H groups in total. The van der Waals surface area contributed by atoms with E-state index in [0.717, 1.165) is 19.3 Å². The molecule has 0 fully saturated rings. The van der Waals surface area contributed by atoms with E-state index in [9.17, 15) is 9.18 Å². The van der Waals surface area contributed by atoms with Gasteiger partial charge in [-0.2, -0.15) is 0 Å². The minimum Gasteiger partial charge on any atom is -0.294 e. The van der Waals surface area contributed by atoms with E-state index < -0.39 is 5.82 Å². The van der Waals surface area contributed by atoms with Crippen LogP contribution in [0.3, 0.4) is 0 Å². The van der Waals surface area contributed by atoms with E-state index in [-0.39, 0.29) is 11.3 Å². The average Bonchev–Trinajstić information content (AvgIpc) is 2.18. The molecule has 0 heterocycles. The Morgan fingerprint density at radius 3 is 2.73 bits per heavy atom. The first-order chi connectivity index (χ1) is 7.16. The van der Waals surface area contributed by atoms with Gasteiger partial charge in [0.1, 0.15) is 5.82 Å². The monoisotopic (exact) mass is 272 g/mol.